The van der Waals surface area contributed by atoms with E-state index in [0.29, 0.717) is 44.1 Å². The maximum absolute atomic E-state index is 14.0. The van der Waals surface area contributed by atoms with Crippen molar-refractivity contribution in [3.05, 3.63) is 11.6 Å². The summed E-state index contributed by atoms with van der Waals surface area (Å²) in [5, 5.41) is 11.5. The van der Waals surface area contributed by atoms with Gasteiger partial charge < -0.3 is 24.1 Å². The summed E-state index contributed by atoms with van der Waals surface area (Å²) in [5.41, 5.74) is -1.05. The first-order chi connectivity index (χ1) is 17.9. The number of hydrogen-bond donors (Lipinski definition) is 1. The fourth-order valence-electron chi connectivity index (χ4n) is 10.3. The Morgan fingerprint density at radius 3 is 2.50 bits per heavy atom. The summed E-state index contributed by atoms with van der Waals surface area (Å²) >= 11 is 0. The Kier molecular flexibility index (Phi) is 6.44. The summed E-state index contributed by atoms with van der Waals surface area (Å²) in [5.74, 6) is 0.886. The van der Waals surface area contributed by atoms with Crippen molar-refractivity contribution < 1.29 is 28.8 Å². The van der Waals surface area contributed by atoms with Gasteiger partial charge in [-0.1, -0.05) is 38.8 Å². The summed E-state index contributed by atoms with van der Waals surface area (Å²) in [7, 11) is 0. The molecule has 0 aromatic heterocycles. The summed E-state index contributed by atoms with van der Waals surface area (Å²) in [4.78, 5) is 16.4. The first-order valence-electron chi connectivity index (χ1n) is 15.1. The predicted octanol–water partition coefficient (Wildman–Crippen LogP) is 4.95. The lowest BCUT2D eigenvalue weighted by molar-refractivity contribution is -0.264. The van der Waals surface area contributed by atoms with E-state index in [2.05, 4.69) is 59.4 Å². The average Bonchev–Trinajstić information content (AvgIpc) is 3.59. The molecule has 4 bridgehead atoms. The Bertz CT molecular complexity index is 983. The Hall–Kier alpha value is -0.990. The smallest absolute Gasteiger partial charge is 0.315 e. The van der Waals surface area contributed by atoms with E-state index in [4.69, 9.17) is 18.9 Å². The van der Waals surface area contributed by atoms with Gasteiger partial charge in [0.15, 0.2) is 12.6 Å². The molecule has 7 nitrogen and oxygen atoms in total. The summed E-state index contributed by atoms with van der Waals surface area (Å²) in [6, 6.07) is 0. The van der Waals surface area contributed by atoms with Crippen LogP contribution >= 0.6 is 0 Å². The SMILES string of the molecule is CC(C)C1=C[C@H]2C[C@]3(C4OCCO4)[C@@H]4CC[C@@H](C)[C@H]4C[C@@]2(CO[C@H]2CN(C(C)(C)C)C[C@@H](C)O2)[C@]13C(=O)O. The molecular formula is C31H49NO6. The second-order valence-electron chi connectivity index (χ2n) is 14.7. The summed E-state index contributed by atoms with van der Waals surface area (Å²) < 4.78 is 25.8. The Morgan fingerprint density at radius 2 is 1.87 bits per heavy atom. The van der Waals surface area contributed by atoms with Gasteiger partial charge in [-0.2, -0.15) is 0 Å². The number of morpholine rings is 1. The zero-order valence-corrected chi connectivity index (χ0v) is 24.5. The van der Waals surface area contributed by atoms with Crippen LogP contribution in [0, 0.1) is 45.8 Å². The molecule has 9 atom stereocenters. The van der Waals surface area contributed by atoms with Gasteiger partial charge in [-0.3, -0.25) is 9.69 Å². The molecule has 0 spiro atoms. The molecule has 5 fully saturated rings. The minimum absolute atomic E-state index is 0.0165. The molecule has 0 radical (unpaired) electrons. The molecule has 0 unspecified atom stereocenters. The van der Waals surface area contributed by atoms with Gasteiger partial charge in [-0.05, 0) is 76.5 Å². The van der Waals surface area contributed by atoms with E-state index in [9.17, 15) is 9.90 Å². The van der Waals surface area contributed by atoms with Gasteiger partial charge in [0, 0.05) is 22.9 Å². The topological polar surface area (TPSA) is 77.5 Å². The van der Waals surface area contributed by atoms with Crippen LogP contribution in [0.2, 0.25) is 0 Å². The number of ether oxygens (including phenoxy) is 4. The molecule has 6 aliphatic rings. The van der Waals surface area contributed by atoms with Gasteiger partial charge in [0.05, 0.1) is 32.5 Å². The quantitative estimate of drug-likeness (QED) is 0.486. The van der Waals surface area contributed by atoms with E-state index >= 15 is 0 Å². The molecule has 1 N–H and O–H groups in total. The third-order valence-corrected chi connectivity index (χ3v) is 11.7. The van der Waals surface area contributed by atoms with Gasteiger partial charge in [0.25, 0.3) is 0 Å². The second kappa shape index (κ2) is 9.01. The van der Waals surface area contributed by atoms with Crippen molar-refractivity contribution >= 4 is 5.97 Å². The lowest BCUT2D eigenvalue weighted by Gasteiger charge is -2.61. The molecule has 2 heterocycles. The number of allylic oxidation sites excluding steroid dienone is 1. The standard InChI is InChI=1S/C31H49NO6/c1-18(2)24-12-21-13-30(27-35-10-11-36-27)23-9-8-19(3)22(23)14-29(21,31(24,30)26(33)34)17-37-25-16-32(28(5,6)7)15-20(4)38-25/h12,18-23,25,27H,8-11,13-17H2,1-7H3,(H,33,34)/t19-,20-,21+,22-,23-,25-,29+,30-,31-/m1/s1. The van der Waals surface area contributed by atoms with Crippen molar-refractivity contribution in [3.63, 3.8) is 0 Å². The molecule has 4 aliphatic carbocycles. The van der Waals surface area contributed by atoms with Crippen LogP contribution in [-0.4, -0.2) is 73.1 Å². The Labute approximate surface area is 228 Å². The van der Waals surface area contributed by atoms with Crippen LogP contribution in [0.5, 0.6) is 0 Å². The molecule has 38 heavy (non-hydrogen) atoms. The Balaban J connectivity index is 1.43. The molecule has 6 rings (SSSR count). The Morgan fingerprint density at radius 1 is 1.16 bits per heavy atom. The van der Waals surface area contributed by atoms with Crippen LogP contribution in [-0.2, 0) is 23.7 Å². The lowest BCUT2D eigenvalue weighted by atomic mass is 9.42. The maximum atomic E-state index is 14.0. The number of hydrogen-bond acceptors (Lipinski definition) is 6. The third-order valence-electron chi connectivity index (χ3n) is 11.7. The first-order valence-corrected chi connectivity index (χ1v) is 15.1. The summed E-state index contributed by atoms with van der Waals surface area (Å²) in [6.45, 7) is 18.5. The lowest BCUT2D eigenvalue weighted by Crippen LogP contribution is -2.67. The highest BCUT2D eigenvalue weighted by Crippen LogP contribution is 2.84. The predicted molar refractivity (Wildman–Crippen MR) is 143 cm³/mol. The molecule has 2 aliphatic heterocycles. The zero-order chi connectivity index (χ0) is 27.3. The van der Waals surface area contributed by atoms with Crippen molar-refractivity contribution in [1.82, 2.24) is 4.90 Å². The van der Waals surface area contributed by atoms with E-state index in [1.54, 1.807) is 0 Å². The number of carbonyl (C=O) groups is 1. The van der Waals surface area contributed by atoms with Gasteiger partial charge in [-0.15, -0.1) is 0 Å². The van der Waals surface area contributed by atoms with Crippen LogP contribution in [0.15, 0.2) is 11.6 Å². The van der Waals surface area contributed by atoms with Gasteiger partial charge in [-0.25, -0.2) is 0 Å². The molecule has 2 saturated heterocycles. The zero-order valence-electron chi connectivity index (χ0n) is 24.5. The number of carboxylic acids is 1. The molecule has 0 aromatic carbocycles. The molecule has 0 aromatic rings. The van der Waals surface area contributed by atoms with Crippen molar-refractivity contribution in [3.8, 4) is 0 Å². The molecular weight excluding hydrogens is 482 g/mol. The van der Waals surface area contributed by atoms with Crippen molar-refractivity contribution in [1.29, 1.82) is 0 Å². The number of rotatable bonds is 6. The van der Waals surface area contributed by atoms with Crippen LogP contribution in [0.3, 0.4) is 0 Å². The van der Waals surface area contributed by atoms with E-state index in [1.807, 2.05) is 0 Å². The monoisotopic (exact) mass is 531 g/mol. The fraction of sp³-hybridized carbons (Fsp3) is 0.903. The normalized spacial score (nSPS) is 47.1. The van der Waals surface area contributed by atoms with Gasteiger partial charge >= 0.3 is 5.97 Å². The van der Waals surface area contributed by atoms with E-state index in [-0.39, 0.29) is 29.8 Å². The van der Waals surface area contributed by atoms with Crippen molar-refractivity contribution in [2.45, 2.75) is 98.4 Å². The first kappa shape index (κ1) is 27.2. The minimum atomic E-state index is -1.05. The molecule has 214 valence electrons. The number of nitrogens with zero attached hydrogens (tertiary/aromatic N) is 1. The molecule has 3 saturated carbocycles. The van der Waals surface area contributed by atoms with Crippen LogP contribution in [0.4, 0.5) is 0 Å². The fourth-order valence-corrected chi connectivity index (χ4v) is 10.3. The highest BCUT2D eigenvalue weighted by atomic mass is 16.7. The van der Waals surface area contributed by atoms with Crippen molar-refractivity contribution in [2.24, 2.45) is 45.8 Å². The summed E-state index contributed by atoms with van der Waals surface area (Å²) in [6.07, 6.45) is 5.48. The number of fused-ring (bicyclic) bond motifs is 2. The van der Waals surface area contributed by atoms with E-state index < -0.39 is 28.5 Å². The van der Waals surface area contributed by atoms with E-state index in [0.717, 1.165) is 37.8 Å². The van der Waals surface area contributed by atoms with E-state index in [1.165, 1.54) is 0 Å². The van der Waals surface area contributed by atoms with Gasteiger partial charge in [0.1, 0.15) is 5.41 Å². The van der Waals surface area contributed by atoms with Gasteiger partial charge in [0.2, 0.25) is 0 Å². The second-order valence-corrected chi connectivity index (χ2v) is 14.7. The largest absolute Gasteiger partial charge is 0.481 e. The third kappa shape index (κ3) is 3.41. The average molecular weight is 532 g/mol. The molecule has 7 heteroatoms. The van der Waals surface area contributed by atoms with Crippen LogP contribution in [0.25, 0.3) is 0 Å². The maximum Gasteiger partial charge on any atom is 0.315 e. The van der Waals surface area contributed by atoms with Crippen LogP contribution in [0.1, 0.15) is 74.1 Å². The highest BCUT2D eigenvalue weighted by molar-refractivity contribution is 5.85. The van der Waals surface area contributed by atoms with Crippen LogP contribution < -0.4 is 0 Å². The van der Waals surface area contributed by atoms with Crippen molar-refractivity contribution in [2.75, 3.05) is 32.9 Å². The number of carboxylic acid groups (broad SMARTS) is 1. The minimum Gasteiger partial charge on any atom is -0.481 e. The molecule has 0 amide bonds. The number of aliphatic carboxylic acids is 1. The highest BCUT2D eigenvalue weighted by Gasteiger charge is 2.86.